The fraction of sp³-hybridized carbons (Fsp3) is 0.286. The van der Waals surface area contributed by atoms with E-state index in [0.29, 0.717) is 13.1 Å². The van der Waals surface area contributed by atoms with Gasteiger partial charge in [0.15, 0.2) is 0 Å². The average molecular weight is 294 g/mol. The second kappa shape index (κ2) is 6.11. The molecule has 2 N–H and O–H groups in total. The summed E-state index contributed by atoms with van der Waals surface area (Å²) >= 11 is 0. The molecule has 0 atom stereocenters. The molecule has 2 aromatic rings. The van der Waals surface area contributed by atoms with Crippen LogP contribution in [-0.4, -0.2) is 15.0 Å². The van der Waals surface area contributed by atoms with Crippen molar-refractivity contribution in [2.75, 3.05) is 11.9 Å². The van der Waals surface area contributed by atoms with Crippen LogP contribution in [0.5, 0.6) is 0 Å². The van der Waals surface area contributed by atoms with Gasteiger partial charge < -0.3 is 9.73 Å². The van der Waals surface area contributed by atoms with Gasteiger partial charge in [0.05, 0.1) is 11.4 Å². The Morgan fingerprint density at radius 2 is 1.80 bits per heavy atom. The summed E-state index contributed by atoms with van der Waals surface area (Å²) < 4.78 is 31.5. The van der Waals surface area contributed by atoms with Crippen LogP contribution >= 0.6 is 0 Å². The SMILES string of the molecule is CCNS(=O)(=O)c1ccc(NCc2ccc(C)o2)cc1. The van der Waals surface area contributed by atoms with Crippen LogP contribution < -0.4 is 10.0 Å². The molecular formula is C14H18N2O3S. The van der Waals surface area contributed by atoms with Crippen molar-refractivity contribution in [3.8, 4) is 0 Å². The topological polar surface area (TPSA) is 71.3 Å². The summed E-state index contributed by atoms with van der Waals surface area (Å²) in [6.45, 7) is 4.58. The van der Waals surface area contributed by atoms with Gasteiger partial charge in [-0.2, -0.15) is 0 Å². The minimum Gasteiger partial charge on any atom is -0.465 e. The molecule has 1 aromatic heterocycles. The zero-order chi connectivity index (χ0) is 14.6. The summed E-state index contributed by atoms with van der Waals surface area (Å²) in [5.41, 5.74) is 0.842. The van der Waals surface area contributed by atoms with E-state index in [1.807, 2.05) is 19.1 Å². The van der Waals surface area contributed by atoms with Crippen molar-refractivity contribution in [1.29, 1.82) is 0 Å². The van der Waals surface area contributed by atoms with Crippen LogP contribution in [0.25, 0.3) is 0 Å². The zero-order valence-corrected chi connectivity index (χ0v) is 12.3. The van der Waals surface area contributed by atoms with E-state index >= 15 is 0 Å². The van der Waals surface area contributed by atoms with Crippen molar-refractivity contribution in [1.82, 2.24) is 4.72 Å². The van der Waals surface area contributed by atoms with Crippen molar-refractivity contribution >= 4 is 15.7 Å². The molecule has 2 rings (SSSR count). The Morgan fingerprint density at radius 1 is 1.10 bits per heavy atom. The van der Waals surface area contributed by atoms with Crippen molar-refractivity contribution in [3.05, 3.63) is 47.9 Å². The molecule has 1 aromatic carbocycles. The molecule has 0 radical (unpaired) electrons. The summed E-state index contributed by atoms with van der Waals surface area (Å²) in [6, 6.07) is 10.4. The van der Waals surface area contributed by atoms with Crippen LogP contribution in [-0.2, 0) is 16.6 Å². The maximum Gasteiger partial charge on any atom is 0.240 e. The van der Waals surface area contributed by atoms with Crippen molar-refractivity contribution in [2.45, 2.75) is 25.3 Å². The fourth-order valence-electron chi connectivity index (χ4n) is 1.79. The molecule has 0 saturated heterocycles. The first kappa shape index (κ1) is 14.6. The average Bonchev–Trinajstić information content (AvgIpc) is 2.83. The Morgan fingerprint density at radius 3 is 2.35 bits per heavy atom. The predicted octanol–water partition coefficient (Wildman–Crippen LogP) is 2.50. The lowest BCUT2D eigenvalue weighted by atomic mass is 10.3. The van der Waals surface area contributed by atoms with Crippen molar-refractivity contribution in [2.24, 2.45) is 0 Å². The normalized spacial score (nSPS) is 11.5. The highest BCUT2D eigenvalue weighted by Gasteiger charge is 2.11. The molecule has 0 saturated carbocycles. The van der Waals surface area contributed by atoms with Gasteiger partial charge in [0.2, 0.25) is 10.0 Å². The van der Waals surface area contributed by atoms with Crippen LogP contribution in [0.15, 0.2) is 45.7 Å². The van der Waals surface area contributed by atoms with E-state index in [1.165, 1.54) is 0 Å². The predicted molar refractivity (Wildman–Crippen MR) is 78.1 cm³/mol. The molecule has 0 fully saturated rings. The Bertz CT molecular complexity index is 660. The van der Waals surface area contributed by atoms with Gasteiger partial charge in [0, 0.05) is 12.2 Å². The molecule has 0 spiro atoms. The molecule has 1 heterocycles. The fourth-order valence-corrected chi connectivity index (χ4v) is 2.84. The zero-order valence-electron chi connectivity index (χ0n) is 11.5. The molecule has 20 heavy (non-hydrogen) atoms. The Labute approximate surface area is 119 Å². The van der Waals surface area contributed by atoms with Gasteiger partial charge in [0.25, 0.3) is 0 Å². The molecule has 0 bridgehead atoms. The number of anilines is 1. The molecule has 0 amide bonds. The third-order valence-electron chi connectivity index (χ3n) is 2.76. The maximum atomic E-state index is 11.8. The number of aryl methyl sites for hydroxylation is 1. The molecule has 6 heteroatoms. The van der Waals surface area contributed by atoms with Gasteiger partial charge in [-0.05, 0) is 43.3 Å². The van der Waals surface area contributed by atoms with E-state index in [9.17, 15) is 8.42 Å². The number of sulfonamides is 1. The van der Waals surface area contributed by atoms with E-state index < -0.39 is 10.0 Å². The molecule has 0 unspecified atom stereocenters. The smallest absolute Gasteiger partial charge is 0.240 e. The number of hydrogen-bond donors (Lipinski definition) is 2. The van der Waals surface area contributed by atoms with Gasteiger partial charge >= 0.3 is 0 Å². The second-order valence-corrected chi connectivity index (χ2v) is 6.16. The highest BCUT2D eigenvalue weighted by molar-refractivity contribution is 7.89. The van der Waals surface area contributed by atoms with Crippen molar-refractivity contribution < 1.29 is 12.8 Å². The van der Waals surface area contributed by atoms with Gasteiger partial charge in [0.1, 0.15) is 11.5 Å². The van der Waals surface area contributed by atoms with Crippen LogP contribution in [0.2, 0.25) is 0 Å². The summed E-state index contributed by atoms with van der Waals surface area (Å²) in [5.74, 6) is 1.71. The first-order chi connectivity index (χ1) is 9.51. The number of rotatable bonds is 6. The lowest BCUT2D eigenvalue weighted by Crippen LogP contribution is -2.23. The monoisotopic (exact) mass is 294 g/mol. The van der Waals surface area contributed by atoms with E-state index in [1.54, 1.807) is 31.2 Å². The van der Waals surface area contributed by atoms with E-state index in [0.717, 1.165) is 17.2 Å². The Hall–Kier alpha value is -1.79. The van der Waals surface area contributed by atoms with Crippen LogP contribution in [0.4, 0.5) is 5.69 Å². The number of benzene rings is 1. The quantitative estimate of drug-likeness (QED) is 0.858. The van der Waals surface area contributed by atoms with Gasteiger partial charge in [-0.1, -0.05) is 6.92 Å². The van der Waals surface area contributed by atoms with Gasteiger partial charge in [-0.15, -0.1) is 0 Å². The highest BCUT2D eigenvalue weighted by atomic mass is 32.2. The lowest BCUT2D eigenvalue weighted by molar-refractivity contribution is 0.490. The number of hydrogen-bond acceptors (Lipinski definition) is 4. The highest BCUT2D eigenvalue weighted by Crippen LogP contribution is 2.15. The molecule has 0 aliphatic rings. The minimum absolute atomic E-state index is 0.263. The van der Waals surface area contributed by atoms with Crippen molar-refractivity contribution in [3.63, 3.8) is 0 Å². The summed E-state index contributed by atoms with van der Waals surface area (Å²) in [6.07, 6.45) is 0. The minimum atomic E-state index is -3.39. The van der Waals surface area contributed by atoms with Gasteiger partial charge in [-0.25, -0.2) is 13.1 Å². The second-order valence-electron chi connectivity index (χ2n) is 4.39. The number of furan rings is 1. The maximum absolute atomic E-state index is 11.8. The largest absolute Gasteiger partial charge is 0.465 e. The molecule has 108 valence electrons. The van der Waals surface area contributed by atoms with Gasteiger partial charge in [-0.3, -0.25) is 0 Å². The van der Waals surface area contributed by atoms with E-state index in [-0.39, 0.29) is 4.90 Å². The third kappa shape index (κ3) is 3.61. The Balaban J connectivity index is 2.01. The summed E-state index contributed by atoms with van der Waals surface area (Å²) in [4.78, 5) is 0.263. The third-order valence-corrected chi connectivity index (χ3v) is 4.32. The first-order valence-corrected chi connectivity index (χ1v) is 7.88. The van der Waals surface area contributed by atoms with Crippen LogP contribution in [0.1, 0.15) is 18.4 Å². The summed E-state index contributed by atoms with van der Waals surface area (Å²) in [5, 5.41) is 3.18. The van der Waals surface area contributed by atoms with Crippen LogP contribution in [0, 0.1) is 6.92 Å². The standard InChI is InChI=1S/C14H18N2O3S/c1-3-16-20(17,18)14-8-5-12(6-9-14)15-10-13-7-4-11(2)19-13/h4-9,15-16H,3,10H2,1-2H3. The van der Waals surface area contributed by atoms with E-state index in [2.05, 4.69) is 10.0 Å². The number of nitrogens with one attached hydrogen (secondary N) is 2. The summed E-state index contributed by atoms with van der Waals surface area (Å²) in [7, 11) is -3.39. The molecular weight excluding hydrogens is 276 g/mol. The molecule has 5 nitrogen and oxygen atoms in total. The molecule has 0 aliphatic heterocycles. The first-order valence-electron chi connectivity index (χ1n) is 6.40. The van der Waals surface area contributed by atoms with E-state index in [4.69, 9.17) is 4.42 Å². The Kier molecular flexibility index (Phi) is 4.46. The molecule has 0 aliphatic carbocycles. The van der Waals surface area contributed by atoms with Crippen LogP contribution in [0.3, 0.4) is 0 Å². The lowest BCUT2D eigenvalue weighted by Gasteiger charge is -2.07.